The van der Waals surface area contributed by atoms with Crippen LogP contribution >= 0.6 is 45.8 Å². The fraction of sp³-hybridized carbons (Fsp3) is 0.357. The van der Waals surface area contributed by atoms with Crippen LogP contribution in [-0.2, 0) is 6.42 Å². The summed E-state index contributed by atoms with van der Waals surface area (Å²) in [7, 11) is 0. The lowest BCUT2D eigenvalue weighted by atomic mass is 9.93. The van der Waals surface area contributed by atoms with Crippen LogP contribution in [0.15, 0.2) is 66.7 Å². The molecule has 0 bridgehead atoms. The maximum Gasteiger partial charge on any atom is 0.0451 e. The maximum absolute atomic E-state index is 6.78. The molecule has 0 aromatic heterocycles. The van der Waals surface area contributed by atoms with Crippen molar-refractivity contribution in [3.05, 3.63) is 105 Å². The lowest BCUT2D eigenvalue weighted by Crippen LogP contribution is -2.00. The van der Waals surface area contributed by atoms with Crippen LogP contribution in [0.5, 0.6) is 0 Å². The normalized spacial score (nSPS) is 20.0. The van der Waals surface area contributed by atoms with Gasteiger partial charge in [-0.1, -0.05) is 121 Å². The summed E-state index contributed by atoms with van der Waals surface area (Å²) in [6, 6.07) is 24.1. The first-order valence-corrected chi connectivity index (χ1v) is 13.1. The van der Waals surface area contributed by atoms with Crippen molar-refractivity contribution >= 4 is 45.8 Å². The molecule has 0 amide bonds. The van der Waals surface area contributed by atoms with Gasteiger partial charge in [0.05, 0.1) is 0 Å². The Hall–Kier alpha value is -1.03. The second kappa shape index (κ2) is 9.85. The zero-order chi connectivity index (χ0) is 22.1. The average Bonchev–Trinajstić information content (AvgIpc) is 3.56. The van der Waals surface area contributed by atoms with E-state index in [9.17, 15) is 0 Å². The van der Waals surface area contributed by atoms with E-state index in [0.717, 1.165) is 16.5 Å². The summed E-state index contributed by atoms with van der Waals surface area (Å²) in [5.74, 6) is 2.39. The SMILES string of the molecule is CC(C)c1ccc(CC(I)c2ccc(C3CC3C(C)c3ccccc3)cc2Cl)c(Cl)c1. The van der Waals surface area contributed by atoms with Crippen molar-refractivity contribution in [1.29, 1.82) is 0 Å². The zero-order valence-corrected chi connectivity index (χ0v) is 22.0. The first kappa shape index (κ1) is 23.1. The van der Waals surface area contributed by atoms with Crippen LogP contribution in [0, 0.1) is 5.92 Å². The van der Waals surface area contributed by atoms with Gasteiger partial charge in [0.1, 0.15) is 0 Å². The van der Waals surface area contributed by atoms with Gasteiger partial charge in [-0.25, -0.2) is 0 Å². The van der Waals surface area contributed by atoms with Crippen LogP contribution in [0.2, 0.25) is 10.0 Å². The third-order valence-electron chi connectivity index (χ3n) is 6.74. The number of rotatable bonds is 7. The van der Waals surface area contributed by atoms with Gasteiger partial charge >= 0.3 is 0 Å². The highest BCUT2D eigenvalue weighted by Crippen LogP contribution is 2.55. The minimum Gasteiger partial charge on any atom is -0.0840 e. The number of benzene rings is 3. The Kier molecular flexibility index (Phi) is 7.35. The lowest BCUT2D eigenvalue weighted by Gasteiger charge is -2.16. The number of hydrogen-bond acceptors (Lipinski definition) is 0. The Labute approximate surface area is 210 Å². The monoisotopic (exact) mass is 562 g/mol. The van der Waals surface area contributed by atoms with Gasteiger partial charge in [0.15, 0.2) is 0 Å². The van der Waals surface area contributed by atoms with E-state index in [2.05, 4.69) is 110 Å². The molecule has 1 aliphatic rings. The molecule has 0 radical (unpaired) electrons. The summed E-state index contributed by atoms with van der Waals surface area (Å²) >= 11 is 15.9. The summed E-state index contributed by atoms with van der Waals surface area (Å²) in [6.45, 7) is 6.74. The molecule has 3 aromatic rings. The van der Waals surface area contributed by atoms with E-state index in [1.807, 2.05) is 0 Å². The molecule has 31 heavy (non-hydrogen) atoms. The van der Waals surface area contributed by atoms with Gasteiger partial charge in [0, 0.05) is 14.0 Å². The van der Waals surface area contributed by atoms with Crippen LogP contribution in [0.1, 0.15) is 76.7 Å². The molecule has 4 rings (SSSR count). The van der Waals surface area contributed by atoms with Crippen molar-refractivity contribution in [1.82, 2.24) is 0 Å². The highest BCUT2D eigenvalue weighted by molar-refractivity contribution is 14.1. The van der Waals surface area contributed by atoms with Gasteiger partial charge in [-0.05, 0) is 76.5 Å². The molecule has 1 saturated carbocycles. The zero-order valence-electron chi connectivity index (χ0n) is 18.3. The fourth-order valence-corrected chi connectivity index (χ4v) is 6.36. The predicted molar refractivity (Wildman–Crippen MR) is 143 cm³/mol. The predicted octanol–water partition coefficient (Wildman–Crippen LogP) is 9.74. The van der Waals surface area contributed by atoms with Crippen LogP contribution in [0.25, 0.3) is 0 Å². The van der Waals surface area contributed by atoms with Gasteiger partial charge in [-0.3, -0.25) is 0 Å². The summed E-state index contributed by atoms with van der Waals surface area (Å²) in [5, 5.41) is 1.74. The third-order valence-corrected chi connectivity index (χ3v) is 8.53. The molecule has 4 unspecified atom stereocenters. The topological polar surface area (TPSA) is 0 Å². The van der Waals surface area contributed by atoms with E-state index in [4.69, 9.17) is 23.2 Å². The van der Waals surface area contributed by atoms with E-state index in [-0.39, 0.29) is 0 Å². The molecule has 0 spiro atoms. The van der Waals surface area contributed by atoms with Crippen LogP contribution in [-0.4, -0.2) is 0 Å². The quantitative estimate of drug-likeness (QED) is 0.198. The molecule has 0 saturated heterocycles. The average molecular weight is 563 g/mol. The highest BCUT2D eigenvalue weighted by Gasteiger charge is 2.42. The Balaban J connectivity index is 1.44. The lowest BCUT2D eigenvalue weighted by molar-refractivity contribution is 0.644. The molecule has 0 nitrogen and oxygen atoms in total. The molecule has 3 heteroatoms. The molecule has 1 fully saturated rings. The van der Waals surface area contributed by atoms with E-state index in [1.165, 1.54) is 34.2 Å². The fourth-order valence-electron chi connectivity index (χ4n) is 4.57. The van der Waals surface area contributed by atoms with E-state index >= 15 is 0 Å². The number of hydrogen-bond donors (Lipinski definition) is 0. The molecule has 3 aromatic carbocycles. The van der Waals surface area contributed by atoms with Crippen molar-refractivity contribution in [2.75, 3.05) is 0 Å². The minimum absolute atomic E-state index is 0.291. The van der Waals surface area contributed by atoms with Crippen molar-refractivity contribution in [3.8, 4) is 0 Å². The molecule has 0 N–H and O–H groups in total. The number of halogens is 3. The Morgan fingerprint density at radius 2 is 1.61 bits per heavy atom. The van der Waals surface area contributed by atoms with E-state index in [1.54, 1.807) is 0 Å². The van der Waals surface area contributed by atoms with Crippen molar-refractivity contribution in [2.24, 2.45) is 5.92 Å². The maximum atomic E-state index is 6.78. The largest absolute Gasteiger partial charge is 0.0840 e. The second-order valence-electron chi connectivity index (χ2n) is 9.16. The van der Waals surface area contributed by atoms with Gasteiger partial charge in [-0.2, -0.15) is 0 Å². The smallest absolute Gasteiger partial charge is 0.0451 e. The Bertz CT molecular complexity index is 1040. The Morgan fingerprint density at radius 1 is 0.871 bits per heavy atom. The van der Waals surface area contributed by atoms with Gasteiger partial charge in [-0.15, -0.1) is 0 Å². The molecule has 162 valence electrons. The summed E-state index contributed by atoms with van der Waals surface area (Å²) in [5.41, 5.74) is 6.48. The van der Waals surface area contributed by atoms with Crippen LogP contribution in [0.3, 0.4) is 0 Å². The van der Waals surface area contributed by atoms with Gasteiger partial charge < -0.3 is 0 Å². The standard InChI is InChI=1S/C28H29Cl2I/c1-17(2)20-9-10-22(26(29)13-20)15-28(31)23-12-11-21(14-27(23)30)25-16-24(25)18(3)19-7-5-4-6-8-19/h4-14,17-18,24-25,28H,15-16H2,1-3H3. The molecular weight excluding hydrogens is 534 g/mol. The highest BCUT2D eigenvalue weighted by atomic mass is 127. The first-order valence-electron chi connectivity index (χ1n) is 11.1. The van der Waals surface area contributed by atoms with Gasteiger partial charge in [0.2, 0.25) is 0 Å². The van der Waals surface area contributed by atoms with E-state index < -0.39 is 0 Å². The summed E-state index contributed by atoms with van der Waals surface area (Å²) in [4.78, 5) is 0. The number of alkyl halides is 1. The molecular formula is C28H29Cl2I. The molecule has 1 aliphatic carbocycles. The molecule has 0 aliphatic heterocycles. The summed E-state index contributed by atoms with van der Waals surface area (Å²) in [6.07, 6.45) is 2.13. The van der Waals surface area contributed by atoms with E-state index in [0.29, 0.717) is 27.6 Å². The Morgan fingerprint density at radius 3 is 2.26 bits per heavy atom. The third kappa shape index (κ3) is 5.31. The second-order valence-corrected chi connectivity index (χ2v) is 11.5. The van der Waals surface area contributed by atoms with Crippen molar-refractivity contribution < 1.29 is 0 Å². The molecule has 4 atom stereocenters. The summed E-state index contributed by atoms with van der Waals surface area (Å²) < 4.78 is 0.291. The van der Waals surface area contributed by atoms with Crippen LogP contribution in [0.4, 0.5) is 0 Å². The van der Waals surface area contributed by atoms with Crippen LogP contribution < -0.4 is 0 Å². The van der Waals surface area contributed by atoms with Gasteiger partial charge in [0.25, 0.3) is 0 Å². The van der Waals surface area contributed by atoms with Crippen molar-refractivity contribution in [2.45, 2.75) is 55.3 Å². The molecule has 0 heterocycles. The van der Waals surface area contributed by atoms with Crippen molar-refractivity contribution in [3.63, 3.8) is 0 Å². The minimum atomic E-state index is 0.291. The first-order chi connectivity index (χ1) is 14.8.